The third kappa shape index (κ3) is 6.51. The molecule has 0 aliphatic carbocycles. The van der Waals surface area contributed by atoms with Gasteiger partial charge < -0.3 is 4.90 Å². The van der Waals surface area contributed by atoms with Crippen molar-refractivity contribution in [2.75, 3.05) is 38.3 Å². The number of hydrogen-bond donors (Lipinski definition) is 0. The minimum absolute atomic E-state index is 0. The summed E-state index contributed by atoms with van der Waals surface area (Å²) in [5, 5.41) is 1.08. The first-order chi connectivity index (χ1) is 14.1. The number of anilines is 1. The van der Waals surface area contributed by atoms with Crippen molar-refractivity contribution < 1.29 is 13.2 Å². The minimum Gasteiger partial charge on any atom is -0.308 e. The van der Waals surface area contributed by atoms with E-state index in [4.69, 9.17) is 11.6 Å². The number of sulfone groups is 1. The molecule has 0 aliphatic rings. The monoisotopic (exact) mass is 499 g/mol. The molecule has 0 saturated carbocycles. The highest BCUT2D eigenvalue weighted by Gasteiger charge is 2.19. The highest BCUT2D eigenvalue weighted by Crippen LogP contribution is 2.31. The molecule has 0 bridgehead atoms. The van der Waals surface area contributed by atoms with Gasteiger partial charge in [0.2, 0.25) is 0 Å². The second-order valence-electron chi connectivity index (χ2n) is 7.05. The van der Waals surface area contributed by atoms with Crippen LogP contribution in [0.1, 0.15) is 5.56 Å². The van der Waals surface area contributed by atoms with Gasteiger partial charge in [-0.15, -0.1) is 12.4 Å². The second kappa shape index (κ2) is 10.6. The number of halogens is 2. The molecular formula is C21H23Cl2N3O3S2. The van der Waals surface area contributed by atoms with Gasteiger partial charge in [-0.2, -0.15) is 0 Å². The lowest BCUT2D eigenvalue weighted by molar-refractivity contribution is -0.114. The molecule has 1 heterocycles. The molecule has 31 heavy (non-hydrogen) atoms. The first-order valence-electron chi connectivity index (χ1n) is 9.14. The van der Waals surface area contributed by atoms with E-state index >= 15 is 0 Å². The molecule has 0 unspecified atom stereocenters. The number of amides is 1. The van der Waals surface area contributed by atoms with Crippen LogP contribution >= 0.6 is 35.3 Å². The van der Waals surface area contributed by atoms with E-state index in [-0.39, 0.29) is 23.2 Å². The Morgan fingerprint density at radius 1 is 1.16 bits per heavy atom. The van der Waals surface area contributed by atoms with Gasteiger partial charge in [-0.3, -0.25) is 9.69 Å². The Balaban J connectivity index is 0.00000341. The number of carbonyl (C=O) groups is 1. The Labute approximate surface area is 197 Å². The van der Waals surface area contributed by atoms with Gasteiger partial charge >= 0.3 is 0 Å². The molecule has 0 N–H and O–H groups in total. The number of likely N-dealkylation sites (N-methyl/N-ethyl adjacent to an activating group) is 1. The van der Waals surface area contributed by atoms with Crippen LogP contribution < -0.4 is 4.90 Å². The predicted molar refractivity (Wildman–Crippen MR) is 131 cm³/mol. The van der Waals surface area contributed by atoms with Crippen molar-refractivity contribution in [1.29, 1.82) is 0 Å². The van der Waals surface area contributed by atoms with E-state index in [0.29, 0.717) is 33.5 Å². The van der Waals surface area contributed by atoms with Crippen LogP contribution in [-0.4, -0.2) is 57.6 Å². The summed E-state index contributed by atoms with van der Waals surface area (Å²) in [4.78, 5) is 21.4. The van der Waals surface area contributed by atoms with Crippen molar-refractivity contribution in [1.82, 2.24) is 9.88 Å². The van der Waals surface area contributed by atoms with Crippen LogP contribution in [0.5, 0.6) is 0 Å². The second-order valence-corrected chi connectivity index (χ2v) is 10.5. The molecule has 166 valence electrons. The van der Waals surface area contributed by atoms with Crippen molar-refractivity contribution in [3.63, 3.8) is 0 Å². The van der Waals surface area contributed by atoms with Gasteiger partial charge in [-0.05, 0) is 50.0 Å². The molecule has 1 aromatic heterocycles. The van der Waals surface area contributed by atoms with Gasteiger partial charge in [0.15, 0.2) is 15.0 Å². The molecule has 0 aliphatic heterocycles. The van der Waals surface area contributed by atoms with Gasteiger partial charge in [0.05, 0.1) is 15.1 Å². The van der Waals surface area contributed by atoms with Crippen LogP contribution in [0.15, 0.2) is 53.4 Å². The first kappa shape index (κ1) is 25.3. The third-order valence-corrected chi connectivity index (χ3v) is 6.85. The standard InChI is InChI=1S/C21H22ClN3O3S2.ClH/c1-24(2)12-13-25(20(26)11-8-15-6-4-5-7-17(15)22)21-23-18-10-9-16(30(3,27)28)14-19(18)29-21;/h4-11,14H,12-13H2,1-3H3;1H. The van der Waals surface area contributed by atoms with Gasteiger partial charge in [0.1, 0.15) is 0 Å². The molecule has 2 aromatic carbocycles. The fourth-order valence-corrected chi connectivity index (χ4v) is 4.66. The predicted octanol–water partition coefficient (Wildman–Crippen LogP) is 4.38. The lowest BCUT2D eigenvalue weighted by Gasteiger charge is -2.20. The third-order valence-electron chi connectivity index (χ3n) is 4.36. The number of hydrogen-bond acceptors (Lipinski definition) is 6. The summed E-state index contributed by atoms with van der Waals surface area (Å²) in [6, 6.07) is 12.1. The van der Waals surface area contributed by atoms with E-state index in [9.17, 15) is 13.2 Å². The van der Waals surface area contributed by atoms with E-state index in [1.165, 1.54) is 29.7 Å². The van der Waals surface area contributed by atoms with Crippen LogP contribution in [0.4, 0.5) is 5.13 Å². The first-order valence-corrected chi connectivity index (χ1v) is 12.2. The average molecular weight is 500 g/mol. The van der Waals surface area contributed by atoms with E-state index in [0.717, 1.165) is 5.56 Å². The van der Waals surface area contributed by atoms with Crippen LogP contribution in [0.25, 0.3) is 16.3 Å². The molecule has 6 nitrogen and oxygen atoms in total. The zero-order valence-corrected chi connectivity index (χ0v) is 20.5. The lowest BCUT2D eigenvalue weighted by Crippen LogP contribution is -2.35. The molecule has 0 atom stereocenters. The van der Waals surface area contributed by atoms with Gasteiger partial charge in [-0.1, -0.05) is 41.1 Å². The fourth-order valence-electron chi connectivity index (χ4n) is 2.70. The van der Waals surface area contributed by atoms with Crippen molar-refractivity contribution in [3.8, 4) is 0 Å². The normalized spacial score (nSPS) is 11.8. The van der Waals surface area contributed by atoms with Crippen molar-refractivity contribution in [3.05, 3.63) is 59.1 Å². The zero-order chi connectivity index (χ0) is 21.9. The van der Waals surface area contributed by atoms with E-state index < -0.39 is 9.84 Å². The number of aromatic nitrogens is 1. The summed E-state index contributed by atoms with van der Waals surface area (Å²) >= 11 is 7.46. The Hall–Kier alpha value is -1.97. The number of carbonyl (C=O) groups excluding carboxylic acids is 1. The summed E-state index contributed by atoms with van der Waals surface area (Å²) in [6.45, 7) is 1.09. The molecule has 3 aromatic rings. The highest BCUT2D eigenvalue weighted by molar-refractivity contribution is 7.90. The summed E-state index contributed by atoms with van der Waals surface area (Å²) in [5.74, 6) is -0.223. The van der Waals surface area contributed by atoms with Crippen LogP contribution in [-0.2, 0) is 14.6 Å². The number of nitrogens with zero attached hydrogens (tertiary/aromatic N) is 3. The quantitative estimate of drug-likeness (QED) is 0.451. The van der Waals surface area contributed by atoms with Gasteiger partial charge in [0, 0.05) is 30.4 Å². The molecule has 0 saturated heterocycles. The number of thiazole rings is 1. The van der Waals surface area contributed by atoms with Crippen LogP contribution in [0.2, 0.25) is 5.02 Å². The van der Waals surface area contributed by atoms with Gasteiger partial charge in [0.25, 0.3) is 5.91 Å². The molecular weight excluding hydrogens is 477 g/mol. The molecule has 0 radical (unpaired) electrons. The molecule has 0 fully saturated rings. The minimum atomic E-state index is -3.32. The number of benzene rings is 2. The lowest BCUT2D eigenvalue weighted by atomic mass is 10.2. The average Bonchev–Trinajstić information content (AvgIpc) is 3.09. The summed E-state index contributed by atoms with van der Waals surface area (Å²) in [6.07, 6.45) is 4.33. The summed E-state index contributed by atoms with van der Waals surface area (Å²) in [5.41, 5.74) is 1.40. The Kier molecular flexibility index (Phi) is 8.62. The highest BCUT2D eigenvalue weighted by atomic mass is 35.5. The smallest absolute Gasteiger partial charge is 0.252 e. The Bertz CT molecular complexity index is 1210. The summed E-state index contributed by atoms with van der Waals surface area (Å²) < 4.78 is 24.4. The SMILES string of the molecule is CN(C)CCN(C(=O)C=Cc1ccccc1Cl)c1nc2ccc(S(C)(=O)=O)cc2s1.Cl. The maximum absolute atomic E-state index is 13.0. The topological polar surface area (TPSA) is 70.6 Å². The molecule has 3 rings (SSSR count). The molecule has 0 spiro atoms. The maximum Gasteiger partial charge on any atom is 0.252 e. The number of rotatable bonds is 7. The molecule has 10 heteroatoms. The Morgan fingerprint density at radius 3 is 2.52 bits per heavy atom. The van der Waals surface area contributed by atoms with Crippen molar-refractivity contribution >= 4 is 72.5 Å². The van der Waals surface area contributed by atoms with Crippen molar-refractivity contribution in [2.45, 2.75) is 4.90 Å². The van der Waals surface area contributed by atoms with Crippen LogP contribution in [0, 0.1) is 0 Å². The van der Waals surface area contributed by atoms with E-state index in [1.54, 1.807) is 29.2 Å². The van der Waals surface area contributed by atoms with E-state index in [2.05, 4.69) is 4.98 Å². The zero-order valence-electron chi connectivity index (χ0n) is 17.3. The van der Waals surface area contributed by atoms with Gasteiger partial charge in [-0.25, -0.2) is 13.4 Å². The molecule has 1 amide bonds. The summed E-state index contributed by atoms with van der Waals surface area (Å²) in [7, 11) is 0.541. The maximum atomic E-state index is 13.0. The van der Waals surface area contributed by atoms with E-state index in [1.807, 2.05) is 37.2 Å². The number of fused-ring (bicyclic) bond motifs is 1. The Morgan fingerprint density at radius 2 is 1.87 bits per heavy atom. The van der Waals surface area contributed by atoms with Crippen molar-refractivity contribution in [2.24, 2.45) is 0 Å². The largest absolute Gasteiger partial charge is 0.308 e. The van der Waals surface area contributed by atoms with Crippen LogP contribution in [0.3, 0.4) is 0 Å². The fraction of sp³-hybridized carbons (Fsp3) is 0.238.